The number of allylic oxidation sites excluding steroid dienone is 1. The molecular weight excluding hydrogens is 472 g/mol. The number of carbonyl (C=O) groups is 3. The highest BCUT2D eigenvalue weighted by Gasteiger charge is 2.80. The van der Waals surface area contributed by atoms with Crippen molar-refractivity contribution in [2.24, 2.45) is 17.8 Å². The standard InChI is InChI=1S/C29H46N2O6/c1-7-10-11-12-18-36-27(35)23-22-25(33)31(16-13-17-32)24(29(22)19-20(4)28(23,6)37-29)26(34)30(15-9-3)21(5)14-8-2/h7,9,20-24,32H,1,3,8,10-19H2,2,4-6H3/t20?,21?,22-,23-,24?,28+,29?/m0/s1. The Morgan fingerprint density at radius 3 is 2.65 bits per heavy atom. The maximum absolute atomic E-state index is 14.3. The highest BCUT2D eigenvalue weighted by molar-refractivity contribution is 5.98. The van der Waals surface area contributed by atoms with E-state index in [0.717, 1.165) is 32.1 Å². The number of hydrogen-bond donors (Lipinski definition) is 1. The lowest BCUT2D eigenvalue weighted by molar-refractivity contribution is -0.162. The molecule has 0 aromatic rings. The predicted molar refractivity (Wildman–Crippen MR) is 141 cm³/mol. The highest BCUT2D eigenvalue weighted by Crippen LogP contribution is 2.65. The van der Waals surface area contributed by atoms with Gasteiger partial charge in [0.25, 0.3) is 0 Å². The maximum Gasteiger partial charge on any atom is 0.312 e. The molecule has 3 heterocycles. The zero-order valence-corrected chi connectivity index (χ0v) is 23.1. The molecule has 8 nitrogen and oxygen atoms in total. The Bertz CT molecular complexity index is 876. The molecule has 0 aromatic heterocycles. The van der Waals surface area contributed by atoms with Gasteiger partial charge in [-0.25, -0.2) is 0 Å². The monoisotopic (exact) mass is 518 g/mol. The summed E-state index contributed by atoms with van der Waals surface area (Å²) in [4.78, 5) is 45.1. The molecule has 3 aliphatic rings. The third-order valence-corrected chi connectivity index (χ3v) is 8.75. The Hall–Kier alpha value is -2.19. The van der Waals surface area contributed by atoms with Crippen LogP contribution >= 0.6 is 0 Å². The molecule has 1 N–H and O–H groups in total. The number of amides is 2. The Kier molecular flexibility index (Phi) is 9.62. The summed E-state index contributed by atoms with van der Waals surface area (Å²) in [6, 6.07) is -0.894. The Morgan fingerprint density at radius 2 is 2.03 bits per heavy atom. The van der Waals surface area contributed by atoms with Gasteiger partial charge in [-0.2, -0.15) is 0 Å². The predicted octanol–water partition coefficient (Wildman–Crippen LogP) is 3.48. The molecule has 7 atom stereocenters. The molecule has 0 saturated carbocycles. The molecule has 1 spiro atoms. The van der Waals surface area contributed by atoms with Crippen molar-refractivity contribution < 1.29 is 29.0 Å². The first-order chi connectivity index (χ1) is 17.6. The number of ether oxygens (including phenoxy) is 2. The lowest BCUT2D eigenvalue weighted by Gasteiger charge is -2.39. The van der Waals surface area contributed by atoms with Gasteiger partial charge in [-0.05, 0) is 58.3 Å². The molecule has 2 amide bonds. The van der Waals surface area contributed by atoms with Gasteiger partial charge in [0.1, 0.15) is 17.6 Å². The lowest BCUT2D eigenvalue weighted by atomic mass is 9.62. The van der Waals surface area contributed by atoms with E-state index < -0.39 is 35.0 Å². The summed E-state index contributed by atoms with van der Waals surface area (Å²) in [5.74, 6) is -2.45. The number of unbranched alkanes of at least 4 members (excludes halogenated alkanes) is 2. The van der Waals surface area contributed by atoms with Gasteiger partial charge in [0, 0.05) is 25.7 Å². The first-order valence-corrected chi connectivity index (χ1v) is 13.9. The minimum atomic E-state index is -1.10. The van der Waals surface area contributed by atoms with Crippen LogP contribution in [0.25, 0.3) is 0 Å². The van der Waals surface area contributed by atoms with Crippen molar-refractivity contribution in [2.75, 3.05) is 26.3 Å². The van der Waals surface area contributed by atoms with Crippen LogP contribution in [0.2, 0.25) is 0 Å². The topological polar surface area (TPSA) is 96.4 Å². The lowest BCUT2D eigenvalue weighted by Crippen LogP contribution is -2.58. The van der Waals surface area contributed by atoms with Gasteiger partial charge in [0.15, 0.2) is 0 Å². The second-order valence-electron chi connectivity index (χ2n) is 11.2. The van der Waals surface area contributed by atoms with E-state index in [1.54, 1.807) is 15.9 Å². The van der Waals surface area contributed by atoms with Gasteiger partial charge in [0.2, 0.25) is 11.8 Å². The van der Waals surface area contributed by atoms with Crippen molar-refractivity contribution in [3.05, 3.63) is 25.3 Å². The van der Waals surface area contributed by atoms with E-state index in [-0.39, 0.29) is 43.5 Å². The average molecular weight is 519 g/mol. The summed E-state index contributed by atoms with van der Waals surface area (Å²) in [5.41, 5.74) is -1.99. The number of aliphatic hydroxyl groups excluding tert-OH is 1. The SMILES string of the molecule is C=CCCCCOC(=O)[C@@H]1[C@H]2C(=O)N(CCCO)C(C(=O)N(CC=C)C(C)CCC)C23CC(C)[C@@]1(C)O3. The van der Waals surface area contributed by atoms with E-state index in [9.17, 15) is 19.5 Å². The fourth-order valence-electron chi connectivity index (χ4n) is 6.87. The molecule has 0 aromatic carbocycles. The molecule has 0 radical (unpaired) electrons. The molecule has 3 aliphatic heterocycles. The molecule has 4 unspecified atom stereocenters. The molecule has 8 heteroatoms. The number of esters is 1. The summed E-state index contributed by atoms with van der Waals surface area (Å²) in [5, 5.41) is 9.55. The minimum Gasteiger partial charge on any atom is -0.465 e. The Morgan fingerprint density at radius 1 is 1.30 bits per heavy atom. The van der Waals surface area contributed by atoms with Crippen LogP contribution in [0.5, 0.6) is 0 Å². The summed E-state index contributed by atoms with van der Waals surface area (Å²) >= 11 is 0. The van der Waals surface area contributed by atoms with E-state index in [4.69, 9.17) is 9.47 Å². The summed E-state index contributed by atoms with van der Waals surface area (Å²) in [6.45, 7) is 16.3. The summed E-state index contributed by atoms with van der Waals surface area (Å²) < 4.78 is 12.4. The number of nitrogens with zero attached hydrogens (tertiary/aromatic N) is 2. The van der Waals surface area contributed by atoms with Crippen LogP contribution in [-0.2, 0) is 23.9 Å². The zero-order valence-electron chi connectivity index (χ0n) is 23.1. The van der Waals surface area contributed by atoms with Crippen LogP contribution in [0.15, 0.2) is 25.3 Å². The quantitative estimate of drug-likeness (QED) is 0.203. The molecule has 208 valence electrons. The Balaban J connectivity index is 1.99. The Labute approximate surface area is 222 Å². The number of carbonyl (C=O) groups excluding carboxylic acids is 3. The van der Waals surface area contributed by atoms with Crippen molar-refractivity contribution in [1.29, 1.82) is 0 Å². The summed E-state index contributed by atoms with van der Waals surface area (Å²) in [7, 11) is 0. The van der Waals surface area contributed by atoms with Gasteiger partial charge >= 0.3 is 5.97 Å². The first-order valence-electron chi connectivity index (χ1n) is 13.9. The number of fused-ring (bicyclic) bond motifs is 1. The zero-order chi connectivity index (χ0) is 27.4. The molecule has 37 heavy (non-hydrogen) atoms. The number of likely N-dealkylation sites (tertiary alicyclic amines) is 1. The second-order valence-corrected chi connectivity index (χ2v) is 11.2. The molecule has 3 saturated heterocycles. The van der Waals surface area contributed by atoms with E-state index in [2.05, 4.69) is 20.1 Å². The number of rotatable bonds is 15. The van der Waals surface area contributed by atoms with E-state index in [1.807, 2.05) is 26.8 Å². The first kappa shape index (κ1) is 29.4. The molecule has 2 bridgehead atoms. The van der Waals surface area contributed by atoms with E-state index in [1.165, 1.54) is 0 Å². The summed E-state index contributed by atoms with van der Waals surface area (Å²) in [6.07, 6.45) is 8.58. The van der Waals surface area contributed by atoms with E-state index >= 15 is 0 Å². The van der Waals surface area contributed by atoms with Gasteiger partial charge in [-0.1, -0.05) is 32.4 Å². The van der Waals surface area contributed by atoms with Crippen molar-refractivity contribution in [1.82, 2.24) is 9.80 Å². The van der Waals surface area contributed by atoms with Crippen LogP contribution in [-0.4, -0.2) is 82.3 Å². The van der Waals surface area contributed by atoms with Gasteiger partial charge in [-0.15, -0.1) is 13.2 Å². The largest absolute Gasteiger partial charge is 0.465 e. The number of aliphatic hydroxyl groups is 1. The van der Waals surface area contributed by atoms with Crippen LogP contribution in [0.4, 0.5) is 0 Å². The molecule has 3 rings (SSSR count). The van der Waals surface area contributed by atoms with Gasteiger partial charge < -0.3 is 24.4 Å². The third kappa shape index (κ3) is 5.11. The fourth-order valence-corrected chi connectivity index (χ4v) is 6.87. The number of hydrogen-bond acceptors (Lipinski definition) is 6. The highest BCUT2D eigenvalue weighted by atomic mass is 16.6. The normalized spacial score (nSPS) is 32.8. The minimum absolute atomic E-state index is 0.0381. The molecular formula is C29H46N2O6. The van der Waals surface area contributed by atoms with Crippen LogP contribution in [0, 0.1) is 17.8 Å². The van der Waals surface area contributed by atoms with Crippen LogP contribution in [0.1, 0.15) is 72.6 Å². The van der Waals surface area contributed by atoms with E-state index in [0.29, 0.717) is 19.4 Å². The van der Waals surface area contributed by atoms with Crippen molar-refractivity contribution in [2.45, 2.75) is 95.9 Å². The van der Waals surface area contributed by atoms with Crippen molar-refractivity contribution >= 4 is 17.8 Å². The van der Waals surface area contributed by atoms with Gasteiger partial charge in [0.05, 0.1) is 18.1 Å². The average Bonchev–Trinajstić information content (AvgIpc) is 3.37. The van der Waals surface area contributed by atoms with Gasteiger partial charge in [-0.3, -0.25) is 14.4 Å². The molecule has 3 fully saturated rings. The fraction of sp³-hybridized carbons (Fsp3) is 0.759. The maximum atomic E-state index is 14.3. The third-order valence-electron chi connectivity index (χ3n) is 8.75. The van der Waals surface area contributed by atoms with Crippen molar-refractivity contribution in [3.63, 3.8) is 0 Å². The van der Waals surface area contributed by atoms with Crippen molar-refractivity contribution in [3.8, 4) is 0 Å². The van der Waals surface area contributed by atoms with Crippen LogP contribution in [0.3, 0.4) is 0 Å². The molecule has 0 aliphatic carbocycles. The second kappa shape index (κ2) is 12.1. The smallest absolute Gasteiger partial charge is 0.312 e. The van der Waals surface area contributed by atoms with Crippen LogP contribution < -0.4 is 0 Å².